The number of amides is 2. The van der Waals surface area contributed by atoms with E-state index >= 15 is 0 Å². The lowest BCUT2D eigenvalue weighted by Gasteiger charge is -2.42. The quantitative estimate of drug-likeness (QED) is 0.563. The van der Waals surface area contributed by atoms with Crippen molar-refractivity contribution >= 4 is 17.8 Å². The molecule has 2 amide bonds. The molecule has 34 heavy (non-hydrogen) atoms. The van der Waals surface area contributed by atoms with Crippen molar-refractivity contribution in [2.24, 2.45) is 11.8 Å². The van der Waals surface area contributed by atoms with Crippen LogP contribution in [0, 0.1) is 23.1 Å². The maximum atomic E-state index is 14.7. The van der Waals surface area contributed by atoms with Gasteiger partial charge in [-0.2, -0.15) is 0 Å². The molecule has 186 valence electrons. The molecule has 0 radical (unpaired) electrons. The van der Waals surface area contributed by atoms with Crippen molar-refractivity contribution in [3.8, 4) is 5.75 Å². The first-order chi connectivity index (χ1) is 15.9. The summed E-state index contributed by atoms with van der Waals surface area (Å²) in [6.45, 7) is 8.04. The van der Waals surface area contributed by atoms with Gasteiger partial charge in [0.15, 0.2) is 5.96 Å². The van der Waals surface area contributed by atoms with Crippen LogP contribution in [0.2, 0.25) is 0 Å². The molecule has 1 saturated heterocycles. The fourth-order valence-electron chi connectivity index (χ4n) is 5.36. The molecule has 1 aliphatic carbocycles. The Labute approximate surface area is 200 Å². The molecule has 2 aliphatic heterocycles. The molecule has 9 heteroatoms. The van der Waals surface area contributed by atoms with Gasteiger partial charge < -0.3 is 20.1 Å². The highest BCUT2D eigenvalue weighted by Crippen LogP contribution is 2.47. The lowest BCUT2D eigenvalue weighted by atomic mass is 9.89. The van der Waals surface area contributed by atoms with Crippen LogP contribution in [-0.2, 0) is 14.3 Å². The summed E-state index contributed by atoms with van der Waals surface area (Å²) in [6.07, 6.45) is 1.86. The Bertz CT molecular complexity index is 975. The van der Waals surface area contributed by atoms with E-state index in [1.165, 1.54) is 11.0 Å². The maximum absolute atomic E-state index is 14.7. The van der Waals surface area contributed by atoms with E-state index in [2.05, 4.69) is 10.6 Å². The zero-order valence-electron chi connectivity index (χ0n) is 20.5. The Balaban J connectivity index is 1.50. The average molecular weight is 475 g/mol. The van der Waals surface area contributed by atoms with Gasteiger partial charge in [-0.25, -0.2) is 4.39 Å². The minimum absolute atomic E-state index is 0.0654. The molecule has 3 aliphatic rings. The van der Waals surface area contributed by atoms with Gasteiger partial charge in [-0.3, -0.25) is 19.9 Å². The molecule has 1 unspecified atom stereocenters. The molecule has 2 fully saturated rings. The summed E-state index contributed by atoms with van der Waals surface area (Å²) in [5.41, 5.74) is -0.650. The Kier molecular flexibility index (Phi) is 6.35. The van der Waals surface area contributed by atoms with Crippen molar-refractivity contribution in [1.82, 2.24) is 15.5 Å². The highest BCUT2D eigenvalue weighted by molar-refractivity contribution is 5.99. The van der Waals surface area contributed by atoms with Crippen molar-refractivity contribution < 1.29 is 23.5 Å². The van der Waals surface area contributed by atoms with Gasteiger partial charge in [0.2, 0.25) is 11.8 Å². The number of guanidine groups is 1. The molecular weight excluding hydrogens is 439 g/mol. The van der Waals surface area contributed by atoms with Crippen LogP contribution in [0.15, 0.2) is 18.2 Å². The van der Waals surface area contributed by atoms with Crippen LogP contribution in [0.1, 0.15) is 65.0 Å². The Morgan fingerprint density at radius 3 is 2.79 bits per heavy atom. The van der Waals surface area contributed by atoms with Crippen molar-refractivity contribution in [1.29, 1.82) is 5.41 Å². The Morgan fingerprint density at radius 2 is 2.12 bits per heavy atom. The van der Waals surface area contributed by atoms with Crippen LogP contribution in [0.4, 0.5) is 4.39 Å². The highest BCUT2D eigenvalue weighted by atomic mass is 19.1. The third-order valence-corrected chi connectivity index (χ3v) is 6.94. The second-order valence-electron chi connectivity index (χ2n) is 10.9. The summed E-state index contributed by atoms with van der Waals surface area (Å²) in [5.74, 6) is -0.557. The van der Waals surface area contributed by atoms with E-state index in [0.717, 1.165) is 0 Å². The number of ether oxygens (including phenoxy) is 2. The van der Waals surface area contributed by atoms with Gasteiger partial charge in [-0.05, 0) is 58.6 Å². The number of benzene rings is 1. The second-order valence-corrected chi connectivity index (χ2v) is 10.9. The fraction of sp³-hybridized carbons (Fsp3) is 0.640. The Hall–Kier alpha value is -2.68. The van der Waals surface area contributed by atoms with Gasteiger partial charge >= 0.3 is 0 Å². The molecule has 4 rings (SSSR count). The Morgan fingerprint density at radius 1 is 1.38 bits per heavy atom. The molecule has 0 bridgehead atoms. The first-order valence-corrected chi connectivity index (χ1v) is 11.9. The van der Waals surface area contributed by atoms with Crippen LogP contribution in [-0.4, -0.2) is 53.6 Å². The summed E-state index contributed by atoms with van der Waals surface area (Å²) in [6, 6.07) is 3.90. The van der Waals surface area contributed by atoms with E-state index in [9.17, 15) is 14.0 Å². The van der Waals surface area contributed by atoms with E-state index in [-0.39, 0.29) is 42.1 Å². The number of fused-ring (bicyclic) bond motifs is 1. The van der Waals surface area contributed by atoms with Gasteiger partial charge in [0.25, 0.3) is 0 Å². The van der Waals surface area contributed by atoms with Crippen molar-refractivity contribution in [2.45, 2.75) is 76.6 Å². The molecule has 1 aromatic carbocycles. The van der Waals surface area contributed by atoms with Crippen LogP contribution in [0.5, 0.6) is 5.75 Å². The number of rotatable bonds is 7. The molecular formula is C25H35FN4O4. The second kappa shape index (κ2) is 8.83. The molecule has 8 nitrogen and oxygen atoms in total. The standard InChI is InChI=1S/C25H35FN4O4/c1-24(2)13-20(31)30(23(27)29-24)18(9-10-33-5)14-11-15(14)22(32)28-17-12-25(3,4)34-19-8-6-7-16(26)21(17)19/h6-8,14-15,17-18H,9-13H2,1-5H3,(H2,27,29)(H,28,32)/t14?,15-,17+,18-/m1/s1. The van der Waals surface area contributed by atoms with Gasteiger partial charge in [-0.15, -0.1) is 0 Å². The molecule has 2 heterocycles. The first kappa shape index (κ1) is 24.4. The van der Waals surface area contributed by atoms with Gasteiger partial charge in [0.05, 0.1) is 11.6 Å². The van der Waals surface area contributed by atoms with Crippen LogP contribution < -0.4 is 15.4 Å². The number of methoxy groups -OCH3 is 1. The topological polar surface area (TPSA) is 104 Å². The van der Waals surface area contributed by atoms with Crippen molar-refractivity contribution in [3.63, 3.8) is 0 Å². The smallest absolute Gasteiger partial charge is 0.231 e. The molecule has 0 spiro atoms. The predicted molar refractivity (Wildman–Crippen MR) is 125 cm³/mol. The number of nitrogens with zero attached hydrogens (tertiary/aromatic N) is 1. The summed E-state index contributed by atoms with van der Waals surface area (Å²) >= 11 is 0. The van der Waals surface area contributed by atoms with E-state index < -0.39 is 23.0 Å². The fourth-order valence-corrected chi connectivity index (χ4v) is 5.36. The monoisotopic (exact) mass is 474 g/mol. The van der Waals surface area contributed by atoms with Crippen molar-refractivity contribution in [2.75, 3.05) is 13.7 Å². The number of nitrogens with one attached hydrogen (secondary N) is 3. The number of carbonyl (C=O) groups excluding carboxylic acids is 2. The normalized spacial score (nSPS) is 27.8. The summed E-state index contributed by atoms with van der Waals surface area (Å²) < 4.78 is 25.8. The lowest BCUT2D eigenvalue weighted by molar-refractivity contribution is -0.133. The third kappa shape index (κ3) is 4.89. The average Bonchev–Trinajstić information content (AvgIpc) is 3.48. The summed E-state index contributed by atoms with van der Waals surface area (Å²) in [4.78, 5) is 27.7. The molecule has 1 aromatic rings. The van der Waals surface area contributed by atoms with Crippen LogP contribution in [0.25, 0.3) is 0 Å². The van der Waals surface area contributed by atoms with Crippen molar-refractivity contribution in [3.05, 3.63) is 29.6 Å². The SMILES string of the molecule is COCC[C@H](C1C[C@H]1C(=O)N[C@H]1CC(C)(C)Oc2cccc(F)c21)N1C(=N)NC(C)(C)CC1=O. The minimum atomic E-state index is -0.545. The number of carbonyl (C=O) groups is 2. The largest absolute Gasteiger partial charge is 0.487 e. The lowest BCUT2D eigenvalue weighted by Crippen LogP contribution is -2.63. The van der Waals surface area contributed by atoms with E-state index in [1.54, 1.807) is 19.2 Å². The van der Waals surface area contributed by atoms with Crippen LogP contribution in [0.3, 0.4) is 0 Å². The number of hydrogen-bond acceptors (Lipinski definition) is 5. The predicted octanol–water partition coefficient (Wildman–Crippen LogP) is 3.12. The van der Waals surface area contributed by atoms with E-state index in [4.69, 9.17) is 14.9 Å². The number of hydrogen-bond donors (Lipinski definition) is 3. The molecule has 1 saturated carbocycles. The highest BCUT2D eigenvalue weighted by Gasteiger charge is 2.53. The summed E-state index contributed by atoms with van der Waals surface area (Å²) in [7, 11) is 1.59. The molecule has 3 N–H and O–H groups in total. The third-order valence-electron chi connectivity index (χ3n) is 6.94. The zero-order valence-corrected chi connectivity index (χ0v) is 20.5. The molecule has 0 aromatic heterocycles. The van der Waals surface area contributed by atoms with Crippen LogP contribution >= 0.6 is 0 Å². The maximum Gasteiger partial charge on any atom is 0.231 e. The van der Waals surface area contributed by atoms with Gasteiger partial charge in [-0.1, -0.05) is 6.07 Å². The molecule has 4 atom stereocenters. The van der Waals surface area contributed by atoms with Gasteiger partial charge in [0, 0.05) is 44.1 Å². The minimum Gasteiger partial charge on any atom is -0.487 e. The number of halogens is 1. The first-order valence-electron chi connectivity index (χ1n) is 11.9. The zero-order chi connectivity index (χ0) is 24.8. The van der Waals surface area contributed by atoms with E-state index in [1.807, 2.05) is 27.7 Å². The summed E-state index contributed by atoms with van der Waals surface area (Å²) in [5, 5.41) is 14.6. The van der Waals surface area contributed by atoms with E-state index in [0.29, 0.717) is 37.2 Å². The van der Waals surface area contributed by atoms with Gasteiger partial charge in [0.1, 0.15) is 17.2 Å².